The van der Waals surface area contributed by atoms with Crippen LogP contribution < -0.4 is 0 Å². The minimum atomic E-state index is -0.743. The van der Waals surface area contributed by atoms with Gasteiger partial charge in [0.05, 0.1) is 12.2 Å². The first kappa shape index (κ1) is 9.75. The normalized spacial score (nSPS) is 24.8. The second-order valence-corrected chi connectivity index (χ2v) is 3.61. The first-order valence-corrected chi connectivity index (χ1v) is 4.74. The van der Waals surface area contributed by atoms with Crippen molar-refractivity contribution in [2.75, 3.05) is 0 Å². The first-order valence-electron chi connectivity index (χ1n) is 4.74. The molecule has 1 aliphatic rings. The smallest absolute Gasteiger partial charge is 0.0980 e. The van der Waals surface area contributed by atoms with Gasteiger partial charge in [-0.3, -0.25) is 0 Å². The highest BCUT2D eigenvalue weighted by Gasteiger charge is 2.25. The molecular formula is C10H18O2. The Morgan fingerprint density at radius 3 is 2.25 bits per heavy atom. The topological polar surface area (TPSA) is 40.5 Å². The molecule has 0 spiro atoms. The Hall–Kier alpha value is -0.340. The van der Waals surface area contributed by atoms with Crippen molar-refractivity contribution in [1.82, 2.24) is 0 Å². The maximum absolute atomic E-state index is 9.62. The Kier molecular flexibility index (Phi) is 3.76. The van der Waals surface area contributed by atoms with Gasteiger partial charge in [0.2, 0.25) is 0 Å². The van der Waals surface area contributed by atoms with E-state index in [0.717, 1.165) is 12.8 Å². The van der Waals surface area contributed by atoms with E-state index in [-0.39, 0.29) is 5.92 Å². The number of hydrogen-bond acceptors (Lipinski definition) is 2. The molecule has 2 N–H and O–H groups in total. The van der Waals surface area contributed by atoms with Gasteiger partial charge in [0.1, 0.15) is 0 Å². The molecule has 2 heteroatoms. The van der Waals surface area contributed by atoms with Gasteiger partial charge >= 0.3 is 0 Å². The average molecular weight is 170 g/mol. The lowest BCUT2D eigenvalue weighted by Gasteiger charge is -2.28. The third-order valence-corrected chi connectivity index (χ3v) is 2.72. The second kappa shape index (κ2) is 4.63. The van der Waals surface area contributed by atoms with E-state index in [1.807, 2.05) is 0 Å². The molecule has 0 amide bonds. The molecule has 1 fully saturated rings. The van der Waals surface area contributed by atoms with Gasteiger partial charge in [-0.25, -0.2) is 0 Å². The summed E-state index contributed by atoms with van der Waals surface area (Å²) in [4.78, 5) is 0. The standard InChI is InChI=1S/C10H18O2/c1-2-9(11)10(12)8-6-4-3-5-7-8/h2,8-12H,1,3-7H2/t9-,10+/m1/s1. The van der Waals surface area contributed by atoms with E-state index in [2.05, 4.69) is 6.58 Å². The van der Waals surface area contributed by atoms with Crippen LogP contribution >= 0.6 is 0 Å². The molecule has 70 valence electrons. The van der Waals surface area contributed by atoms with Crippen molar-refractivity contribution < 1.29 is 10.2 Å². The summed E-state index contributed by atoms with van der Waals surface area (Å²) in [5, 5.41) is 18.9. The van der Waals surface area contributed by atoms with Gasteiger partial charge in [-0.15, -0.1) is 6.58 Å². The third kappa shape index (κ3) is 2.32. The second-order valence-electron chi connectivity index (χ2n) is 3.61. The quantitative estimate of drug-likeness (QED) is 0.630. The Bertz CT molecular complexity index is 139. The maximum atomic E-state index is 9.62. The Morgan fingerprint density at radius 1 is 1.17 bits per heavy atom. The van der Waals surface area contributed by atoms with Crippen LogP contribution in [0.25, 0.3) is 0 Å². The Morgan fingerprint density at radius 2 is 1.75 bits per heavy atom. The molecule has 12 heavy (non-hydrogen) atoms. The summed E-state index contributed by atoms with van der Waals surface area (Å²) in [6.45, 7) is 3.47. The van der Waals surface area contributed by atoms with Gasteiger partial charge in [-0.05, 0) is 18.8 Å². The molecule has 0 radical (unpaired) electrons. The van der Waals surface area contributed by atoms with Crippen LogP contribution in [0.1, 0.15) is 32.1 Å². The summed E-state index contributed by atoms with van der Waals surface area (Å²) < 4.78 is 0. The first-order chi connectivity index (χ1) is 5.75. The van der Waals surface area contributed by atoms with Crippen molar-refractivity contribution >= 4 is 0 Å². The Balaban J connectivity index is 2.38. The van der Waals surface area contributed by atoms with E-state index in [9.17, 15) is 10.2 Å². The van der Waals surface area contributed by atoms with Crippen molar-refractivity contribution in [3.63, 3.8) is 0 Å². The molecule has 1 saturated carbocycles. The van der Waals surface area contributed by atoms with Crippen LogP contribution in [0.15, 0.2) is 12.7 Å². The van der Waals surface area contributed by atoms with Crippen molar-refractivity contribution in [3.05, 3.63) is 12.7 Å². The predicted octanol–water partition coefficient (Wildman–Crippen LogP) is 1.47. The van der Waals surface area contributed by atoms with E-state index in [0.29, 0.717) is 0 Å². The molecule has 0 unspecified atom stereocenters. The minimum Gasteiger partial charge on any atom is -0.390 e. The molecule has 0 bridgehead atoms. The van der Waals surface area contributed by atoms with Crippen LogP contribution in [0.3, 0.4) is 0 Å². The molecule has 0 aromatic rings. The predicted molar refractivity (Wildman–Crippen MR) is 48.8 cm³/mol. The third-order valence-electron chi connectivity index (χ3n) is 2.72. The zero-order valence-corrected chi connectivity index (χ0v) is 7.45. The van der Waals surface area contributed by atoms with Gasteiger partial charge in [0.15, 0.2) is 0 Å². The monoisotopic (exact) mass is 170 g/mol. The van der Waals surface area contributed by atoms with Crippen LogP contribution in [-0.2, 0) is 0 Å². The van der Waals surface area contributed by atoms with Crippen LogP contribution in [-0.4, -0.2) is 22.4 Å². The van der Waals surface area contributed by atoms with Crippen LogP contribution in [0.4, 0.5) is 0 Å². The molecule has 0 aliphatic heterocycles. The molecule has 1 rings (SSSR count). The molecule has 2 atom stereocenters. The fraction of sp³-hybridized carbons (Fsp3) is 0.800. The van der Waals surface area contributed by atoms with E-state index in [1.54, 1.807) is 0 Å². The lowest BCUT2D eigenvalue weighted by molar-refractivity contribution is -0.00356. The molecule has 1 aliphatic carbocycles. The summed E-state index contributed by atoms with van der Waals surface area (Å²) in [5.74, 6) is 0.284. The molecule has 0 aromatic carbocycles. The summed E-state index contributed by atoms with van der Waals surface area (Å²) in [6.07, 6.45) is 5.82. The highest BCUT2D eigenvalue weighted by molar-refractivity contribution is 4.88. The minimum absolute atomic E-state index is 0.284. The van der Waals surface area contributed by atoms with Crippen LogP contribution in [0.2, 0.25) is 0 Å². The van der Waals surface area contributed by atoms with Gasteiger partial charge in [0, 0.05) is 0 Å². The maximum Gasteiger partial charge on any atom is 0.0980 e. The average Bonchev–Trinajstić information content (AvgIpc) is 2.17. The Labute approximate surface area is 73.9 Å². The van der Waals surface area contributed by atoms with Gasteiger partial charge in [-0.1, -0.05) is 25.3 Å². The fourth-order valence-corrected chi connectivity index (χ4v) is 1.89. The summed E-state index contributed by atoms with van der Waals surface area (Å²) in [5.41, 5.74) is 0. The SMILES string of the molecule is C=C[C@@H](O)[C@@H](O)C1CCCCC1. The number of aliphatic hydroxyl groups is 2. The van der Waals surface area contributed by atoms with Crippen LogP contribution in [0.5, 0.6) is 0 Å². The van der Waals surface area contributed by atoms with E-state index in [4.69, 9.17) is 0 Å². The van der Waals surface area contributed by atoms with Crippen molar-refractivity contribution in [3.8, 4) is 0 Å². The lowest BCUT2D eigenvalue weighted by Crippen LogP contribution is -2.33. The molecule has 2 nitrogen and oxygen atoms in total. The van der Waals surface area contributed by atoms with Gasteiger partial charge < -0.3 is 10.2 Å². The lowest BCUT2D eigenvalue weighted by atomic mass is 9.83. The molecule has 0 heterocycles. The largest absolute Gasteiger partial charge is 0.390 e. The highest BCUT2D eigenvalue weighted by atomic mass is 16.3. The zero-order chi connectivity index (χ0) is 8.97. The molecular weight excluding hydrogens is 152 g/mol. The highest BCUT2D eigenvalue weighted by Crippen LogP contribution is 2.27. The fourth-order valence-electron chi connectivity index (χ4n) is 1.89. The van der Waals surface area contributed by atoms with E-state index >= 15 is 0 Å². The number of hydrogen-bond donors (Lipinski definition) is 2. The number of rotatable bonds is 3. The number of aliphatic hydroxyl groups excluding tert-OH is 2. The van der Waals surface area contributed by atoms with Crippen molar-refractivity contribution in [2.24, 2.45) is 5.92 Å². The van der Waals surface area contributed by atoms with Crippen LogP contribution in [0, 0.1) is 5.92 Å². The molecule has 0 aromatic heterocycles. The van der Waals surface area contributed by atoms with Gasteiger partial charge in [0.25, 0.3) is 0 Å². The summed E-state index contributed by atoms with van der Waals surface area (Å²) in [6, 6.07) is 0. The van der Waals surface area contributed by atoms with Gasteiger partial charge in [-0.2, -0.15) is 0 Å². The molecule has 0 saturated heterocycles. The zero-order valence-electron chi connectivity index (χ0n) is 7.45. The van der Waals surface area contributed by atoms with E-state index < -0.39 is 12.2 Å². The van der Waals surface area contributed by atoms with E-state index in [1.165, 1.54) is 25.3 Å². The summed E-state index contributed by atoms with van der Waals surface area (Å²) in [7, 11) is 0. The van der Waals surface area contributed by atoms with Crippen molar-refractivity contribution in [2.45, 2.75) is 44.3 Å². The summed E-state index contributed by atoms with van der Waals surface area (Å²) >= 11 is 0. The van der Waals surface area contributed by atoms with Crippen molar-refractivity contribution in [1.29, 1.82) is 0 Å².